The van der Waals surface area contributed by atoms with Crippen LogP contribution in [0.15, 0.2) is 18.2 Å². The number of hydrogen-bond donors (Lipinski definition) is 0. The number of nitrogens with zero attached hydrogens (tertiary/aromatic N) is 1. The van der Waals surface area contributed by atoms with Gasteiger partial charge in [-0.05, 0) is 36.6 Å². The Balaban J connectivity index is 2.62. The summed E-state index contributed by atoms with van der Waals surface area (Å²) in [5, 5.41) is 8.92. The summed E-state index contributed by atoms with van der Waals surface area (Å²) in [7, 11) is 0. The Hall–Kier alpha value is -1.71. The van der Waals surface area contributed by atoms with Gasteiger partial charge in [-0.3, -0.25) is 0 Å². The number of rotatable bonds is 2. The average molecular weight is 321 g/mol. The van der Waals surface area contributed by atoms with Crippen LogP contribution in [0.1, 0.15) is 48.8 Å². The Morgan fingerprint density at radius 2 is 1.36 bits per heavy atom. The van der Waals surface area contributed by atoms with Gasteiger partial charge in [0.05, 0.1) is 17.2 Å². The maximum atomic E-state index is 12.9. The monoisotopic (exact) mass is 321 g/mol. The molecule has 0 amide bonds. The van der Waals surface area contributed by atoms with E-state index in [1.165, 1.54) is 0 Å². The second-order valence-corrected chi connectivity index (χ2v) is 5.62. The Bertz CT molecular complexity index is 555. The fraction of sp³-hybridized carbons (Fsp3) is 0.533. The fourth-order valence-corrected chi connectivity index (χ4v) is 3.03. The zero-order valence-electron chi connectivity index (χ0n) is 11.5. The predicted octanol–water partition coefficient (Wildman–Crippen LogP) is 5.45. The molecular formula is C15H13F6N. The maximum Gasteiger partial charge on any atom is 0.416 e. The van der Waals surface area contributed by atoms with Gasteiger partial charge in [0, 0.05) is 11.8 Å². The van der Waals surface area contributed by atoms with E-state index in [9.17, 15) is 26.3 Å². The topological polar surface area (TPSA) is 23.8 Å². The average Bonchev–Trinajstić information content (AvgIpc) is 2.86. The van der Waals surface area contributed by atoms with Crippen LogP contribution < -0.4 is 0 Å². The van der Waals surface area contributed by atoms with Gasteiger partial charge in [0.15, 0.2) is 0 Å². The molecule has 0 spiro atoms. The van der Waals surface area contributed by atoms with Crippen LogP contribution in [-0.4, -0.2) is 0 Å². The van der Waals surface area contributed by atoms with Crippen molar-refractivity contribution in [1.29, 1.82) is 5.26 Å². The SMILES string of the molecule is N#CCC1(c2cc(C(F)(F)F)cc(C(F)(F)F)c2)CCCC1. The van der Waals surface area contributed by atoms with Crippen LogP contribution in [0.2, 0.25) is 0 Å². The van der Waals surface area contributed by atoms with Gasteiger partial charge in [0.2, 0.25) is 0 Å². The third kappa shape index (κ3) is 3.21. The molecule has 1 aromatic rings. The largest absolute Gasteiger partial charge is 0.416 e. The molecule has 7 heteroatoms. The van der Waals surface area contributed by atoms with Crippen molar-refractivity contribution in [3.8, 4) is 6.07 Å². The van der Waals surface area contributed by atoms with Crippen LogP contribution in [0.4, 0.5) is 26.3 Å². The molecule has 0 bridgehead atoms. The summed E-state index contributed by atoms with van der Waals surface area (Å²) in [5.41, 5.74) is -3.58. The zero-order chi connectivity index (χ0) is 16.6. The second-order valence-electron chi connectivity index (χ2n) is 5.62. The Morgan fingerprint density at radius 3 is 1.73 bits per heavy atom. The number of nitriles is 1. The molecule has 22 heavy (non-hydrogen) atoms. The van der Waals surface area contributed by atoms with E-state index in [0.29, 0.717) is 25.7 Å². The minimum atomic E-state index is -4.86. The summed E-state index contributed by atoms with van der Waals surface area (Å²) in [5.74, 6) is 0. The van der Waals surface area contributed by atoms with E-state index < -0.39 is 28.9 Å². The van der Waals surface area contributed by atoms with Gasteiger partial charge in [-0.25, -0.2) is 0 Å². The quantitative estimate of drug-likeness (QED) is 0.665. The van der Waals surface area contributed by atoms with Crippen LogP contribution in [0.3, 0.4) is 0 Å². The highest BCUT2D eigenvalue weighted by Gasteiger charge is 2.41. The summed E-state index contributed by atoms with van der Waals surface area (Å²) in [6.45, 7) is 0. The molecule has 0 atom stereocenters. The minimum Gasteiger partial charge on any atom is -0.198 e. The highest BCUT2D eigenvalue weighted by Crippen LogP contribution is 2.46. The van der Waals surface area contributed by atoms with Crippen molar-refractivity contribution in [3.63, 3.8) is 0 Å². The van der Waals surface area contributed by atoms with Crippen LogP contribution in [0.25, 0.3) is 0 Å². The van der Waals surface area contributed by atoms with Crippen LogP contribution in [-0.2, 0) is 17.8 Å². The summed E-state index contributed by atoms with van der Waals surface area (Å²) < 4.78 is 77.4. The van der Waals surface area contributed by atoms with E-state index in [2.05, 4.69) is 0 Å². The highest BCUT2D eigenvalue weighted by atomic mass is 19.4. The van der Waals surface area contributed by atoms with Gasteiger partial charge in [0.25, 0.3) is 0 Å². The lowest BCUT2D eigenvalue weighted by molar-refractivity contribution is -0.143. The Labute approximate surface area is 123 Å². The Morgan fingerprint density at radius 1 is 0.909 bits per heavy atom. The van der Waals surface area contributed by atoms with Crippen LogP contribution >= 0.6 is 0 Å². The molecule has 0 saturated heterocycles. The summed E-state index contributed by atoms with van der Waals surface area (Å²) in [6, 6.07) is 3.55. The predicted molar refractivity (Wildman–Crippen MR) is 66.8 cm³/mol. The van der Waals surface area contributed by atoms with Gasteiger partial charge >= 0.3 is 12.4 Å². The van der Waals surface area contributed by atoms with E-state index >= 15 is 0 Å². The minimum absolute atomic E-state index is 0.0336. The standard InChI is InChI=1S/C15H13F6N/c16-14(17,18)11-7-10(8-12(9-11)15(19,20)21)13(5-6-22)3-1-2-4-13/h7-9H,1-5H2. The van der Waals surface area contributed by atoms with E-state index in [1.807, 2.05) is 6.07 Å². The summed E-state index contributed by atoms with van der Waals surface area (Å²) >= 11 is 0. The van der Waals surface area contributed by atoms with Crippen molar-refractivity contribution in [3.05, 3.63) is 34.9 Å². The normalized spacial score (nSPS) is 18.2. The van der Waals surface area contributed by atoms with E-state index in [1.54, 1.807) is 0 Å². The molecule has 1 aliphatic carbocycles. The third-order valence-corrected chi connectivity index (χ3v) is 4.18. The molecule has 0 N–H and O–H groups in total. The molecule has 0 heterocycles. The molecule has 1 aromatic carbocycles. The maximum absolute atomic E-state index is 12.9. The summed E-state index contributed by atoms with van der Waals surface area (Å²) in [6.07, 6.45) is -7.55. The lowest BCUT2D eigenvalue weighted by Gasteiger charge is -2.28. The first-order chi connectivity index (χ1) is 10.1. The van der Waals surface area contributed by atoms with Crippen molar-refractivity contribution < 1.29 is 26.3 Å². The van der Waals surface area contributed by atoms with Crippen molar-refractivity contribution in [2.45, 2.75) is 49.9 Å². The fourth-order valence-electron chi connectivity index (χ4n) is 3.03. The Kier molecular flexibility index (Phi) is 4.16. The summed E-state index contributed by atoms with van der Waals surface area (Å²) in [4.78, 5) is 0. The van der Waals surface area contributed by atoms with Gasteiger partial charge in [-0.15, -0.1) is 0 Å². The first-order valence-electron chi connectivity index (χ1n) is 6.75. The molecule has 0 aliphatic heterocycles. The lowest BCUT2D eigenvalue weighted by atomic mass is 9.75. The molecule has 1 saturated carbocycles. The molecular weight excluding hydrogens is 308 g/mol. The van der Waals surface area contributed by atoms with Gasteiger partial charge in [0.1, 0.15) is 0 Å². The molecule has 1 fully saturated rings. The molecule has 0 radical (unpaired) electrons. The molecule has 0 unspecified atom stereocenters. The van der Waals surface area contributed by atoms with Crippen molar-refractivity contribution in [2.75, 3.05) is 0 Å². The lowest BCUT2D eigenvalue weighted by Crippen LogP contribution is -2.23. The van der Waals surface area contributed by atoms with Crippen molar-refractivity contribution in [1.82, 2.24) is 0 Å². The zero-order valence-corrected chi connectivity index (χ0v) is 11.5. The smallest absolute Gasteiger partial charge is 0.198 e. The number of hydrogen-bond acceptors (Lipinski definition) is 1. The van der Waals surface area contributed by atoms with Crippen LogP contribution in [0.5, 0.6) is 0 Å². The first-order valence-corrected chi connectivity index (χ1v) is 6.75. The van der Waals surface area contributed by atoms with E-state index in [4.69, 9.17) is 5.26 Å². The van der Waals surface area contributed by atoms with E-state index in [-0.39, 0.29) is 18.1 Å². The number of halogens is 6. The third-order valence-electron chi connectivity index (χ3n) is 4.18. The molecule has 1 aliphatic rings. The van der Waals surface area contributed by atoms with Crippen LogP contribution in [0, 0.1) is 11.3 Å². The van der Waals surface area contributed by atoms with Crippen molar-refractivity contribution >= 4 is 0 Å². The number of alkyl halides is 6. The first kappa shape index (κ1) is 16.7. The second kappa shape index (κ2) is 5.49. The molecule has 120 valence electrons. The van der Waals surface area contributed by atoms with Gasteiger partial charge in [-0.1, -0.05) is 12.8 Å². The molecule has 0 aromatic heterocycles. The van der Waals surface area contributed by atoms with Crippen molar-refractivity contribution in [2.24, 2.45) is 0 Å². The van der Waals surface area contributed by atoms with E-state index in [0.717, 1.165) is 12.1 Å². The molecule has 2 rings (SSSR count). The molecule has 1 nitrogen and oxygen atoms in total. The van der Waals surface area contributed by atoms with Gasteiger partial charge in [-0.2, -0.15) is 31.6 Å². The highest BCUT2D eigenvalue weighted by molar-refractivity contribution is 5.39. The number of benzene rings is 1. The van der Waals surface area contributed by atoms with Gasteiger partial charge < -0.3 is 0 Å².